The molecule has 0 unspecified atom stereocenters. The third kappa shape index (κ3) is 6.16. The normalized spacial score (nSPS) is 15.2. The van der Waals surface area contributed by atoms with E-state index in [9.17, 15) is 22.4 Å². The Morgan fingerprint density at radius 2 is 1.52 bits per heavy atom. The third-order valence-corrected chi connectivity index (χ3v) is 7.53. The third-order valence-electron chi connectivity index (χ3n) is 5.62. The monoisotopic (exact) mass is 476 g/mol. The van der Waals surface area contributed by atoms with Crippen LogP contribution in [-0.2, 0) is 14.8 Å². The molecule has 8 nitrogen and oxygen atoms in total. The number of amides is 2. The highest BCUT2D eigenvalue weighted by Gasteiger charge is 2.29. The highest BCUT2D eigenvalue weighted by atomic mass is 32.2. The number of rotatable bonds is 8. The zero-order valence-electron chi connectivity index (χ0n) is 18.8. The fourth-order valence-electron chi connectivity index (χ4n) is 3.68. The van der Waals surface area contributed by atoms with E-state index in [1.165, 1.54) is 40.7 Å². The largest absolute Gasteiger partial charge is 0.339 e. The summed E-state index contributed by atoms with van der Waals surface area (Å²) in [6.45, 7) is 6.41. The van der Waals surface area contributed by atoms with E-state index in [-0.39, 0.29) is 42.2 Å². The van der Waals surface area contributed by atoms with E-state index in [4.69, 9.17) is 0 Å². The summed E-state index contributed by atoms with van der Waals surface area (Å²) in [6.07, 6.45) is 0. The van der Waals surface area contributed by atoms with Crippen molar-refractivity contribution in [1.82, 2.24) is 14.1 Å². The molecule has 0 saturated carbocycles. The Hall–Kier alpha value is -2.82. The summed E-state index contributed by atoms with van der Waals surface area (Å²) in [5.74, 6) is -0.752. The van der Waals surface area contributed by atoms with E-state index < -0.39 is 10.0 Å². The Morgan fingerprint density at radius 1 is 0.939 bits per heavy atom. The molecule has 1 N–H and O–H groups in total. The van der Waals surface area contributed by atoms with Crippen molar-refractivity contribution in [2.75, 3.05) is 51.1 Å². The summed E-state index contributed by atoms with van der Waals surface area (Å²) < 4.78 is 40.4. The topological polar surface area (TPSA) is 90.0 Å². The minimum absolute atomic E-state index is 0.118. The summed E-state index contributed by atoms with van der Waals surface area (Å²) in [6, 6.07) is 11.5. The standard InChI is InChI=1S/C23H29FN4O4S/c1-3-27(4-2)23(30)18-5-11-21(12-6-18)33(31,32)28-15-13-26(14-16-28)17-22(29)25-20-9-7-19(24)8-10-20/h5-12H,3-4,13-17H2,1-2H3,(H,25,29). The minimum atomic E-state index is -3.69. The van der Waals surface area contributed by atoms with E-state index in [2.05, 4.69) is 5.32 Å². The maximum atomic E-state index is 13.0. The van der Waals surface area contributed by atoms with Crippen molar-refractivity contribution in [1.29, 1.82) is 0 Å². The molecular formula is C23H29FN4O4S. The maximum absolute atomic E-state index is 13.0. The molecule has 178 valence electrons. The fraction of sp³-hybridized carbons (Fsp3) is 0.391. The van der Waals surface area contributed by atoms with Crippen molar-refractivity contribution in [2.24, 2.45) is 0 Å². The van der Waals surface area contributed by atoms with E-state index in [0.717, 1.165) is 0 Å². The molecule has 2 aromatic rings. The lowest BCUT2D eigenvalue weighted by Crippen LogP contribution is -2.50. The van der Waals surface area contributed by atoms with E-state index in [0.29, 0.717) is 37.4 Å². The van der Waals surface area contributed by atoms with Crippen LogP contribution in [0.4, 0.5) is 10.1 Å². The number of nitrogens with zero attached hydrogens (tertiary/aromatic N) is 3. The summed E-state index contributed by atoms with van der Waals surface area (Å²) in [5.41, 5.74) is 0.958. The molecule has 0 bridgehead atoms. The van der Waals surface area contributed by atoms with Gasteiger partial charge in [0.15, 0.2) is 0 Å². The number of piperazine rings is 1. The molecular weight excluding hydrogens is 447 g/mol. The Labute approximate surface area is 194 Å². The Bertz CT molecular complexity index is 1060. The average Bonchev–Trinajstić information content (AvgIpc) is 2.81. The first-order valence-electron chi connectivity index (χ1n) is 10.9. The average molecular weight is 477 g/mol. The van der Waals surface area contributed by atoms with Crippen LogP contribution in [0.2, 0.25) is 0 Å². The van der Waals surface area contributed by atoms with Gasteiger partial charge >= 0.3 is 0 Å². The molecule has 3 rings (SSSR count). The molecule has 10 heteroatoms. The van der Waals surface area contributed by atoms with Crippen molar-refractivity contribution < 1.29 is 22.4 Å². The van der Waals surface area contributed by atoms with Gasteiger partial charge in [0, 0.05) is 50.5 Å². The van der Waals surface area contributed by atoms with Gasteiger partial charge < -0.3 is 10.2 Å². The summed E-state index contributed by atoms with van der Waals surface area (Å²) in [5, 5.41) is 2.70. The second-order valence-electron chi connectivity index (χ2n) is 7.74. The summed E-state index contributed by atoms with van der Waals surface area (Å²) in [7, 11) is -3.69. The van der Waals surface area contributed by atoms with Crippen LogP contribution in [0.5, 0.6) is 0 Å². The second kappa shape index (κ2) is 10.9. The van der Waals surface area contributed by atoms with Crippen LogP contribution in [0.3, 0.4) is 0 Å². The number of anilines is 1. The second-order valence-corrected chi connectivity index (χ2v) is 9.68. The summed E-state index contributed by atoms with van der Waals surface area (Å²) in [4.78, 5) is 28.4. The van der Waals surface area contributed by atoms with Crippen molar-refractivity contribution >= 4 is 27.5 Å². The number of benzene rings is 2. The number of nitrogens with one attached hydrogen (secondary N) is 1. The van der Waals surface area contributed by atoms with Crippen LogP contribution in [0.15, 0.2) is 53.4 Å². The predicted molar refractivity (Wildman–Crippen MR) is 124 cm³/mol. The molecule has 1 saturated heterocycles. The van der Waals surface area contributed by atoms with E-state index in [1.807, 2.05) is 18.7 Å². The van der Waals surface area contributed by atoms with Gasteiger partial charge in [-0.2, -0.15) is 4.31 Å². The molecule has 2 amide bonds. The van der Waals surface area contributed by atoms with Crippen molar-refractivity contribution in [2.45, 2.75) is 18.7 Å². The van der Waals surface area contributed by atoms with Gasteiger partial charge in [-0.05, 0) is 62.4 Å². The molecule has 1 heterocycles. The number of carbonyl (C=O) groups excluding carboxylic acids is 2. The van der Waals surface area contributed by atoms with Crippen LogP contribution in [0.1, 0.15) is 24.2 Å². The Balaban J connectivity index is 1.55. The molecule has 0 spiro atoms. The molecule has 1 fully saturated rings. The lowest BCUT2D eigenvalue weighted by Gasteiger charge is -2.33. The van der Waals surface area contributed by atoms with Gasteiger partial charge in [0.1, 0.15) is 5.82 Å². The maximum Gasteiger partial charge on any atom is 0.253 e. The molecule has 1 aliphatic rings. The molecule has 33 heavy (non-hydrogen) atoms. The minimum Gasteiger partial charge on any atom is -0.339 e. The SMILES string of the molecule is CCN(CC)C(=O)c1ccc(S(=O)(=O)N2CCN(CC(=O)Nc3ccc(F)cc3)CC2)cc1. The van der Waals surface area contributed by atoms with Crippen molar-refractivity contribution in [3.05, 3.63) is 59.9 Å². The lowest BCUT2D eigenvalue weighted by molar-refractivity contribution is -0.117. The van der Waals surface area contributed by atoms with Gasteiger partial charge in [-0.15, -0.1) is 0 Å². The zero-order valence-corrected chi connectivity index (χ0v) is 19.6. The first kappa shape index (κ1) is 24.8. The van der Waals surface area contributed by atoms with E-state index in [1.54, 1.807) is 17.0 Å². The Morgan fingerprint density at radius 3 is 2.06 bits per heavy atom. The molecule has 0 atom stereocenters. The zero-order chi connectivity index (χ0) is 24.0. The van der Waals surface area contributed by atoms with E-state index >= 15 is 0 Å². The van der Waals surface area contributed by atoms with Crippen molar-refractivity contribution in [3.8, 4) is 0 Å². The highest BCUT2D eigenvalue weighted by molar-refractivity contribution is 7.89. The van der Waals surface area contributed by atoms with Crippen LogP contribution in [0, 0.1) is 5.82 Å². The van der Waals surface area contributed by atoms with Gasteiger partial charge in [-0.1, -0.05) is 0 Å². The number of carbonyl (C=O) groups is 2. The molecule has 0 aliphatic carbocycles. The fourth-order valence-corrected chi connectivity index (χ4v) is 5.10. The van der Waals surface area contributed by atoms with Crippen LogP contribution in [0.25, 0.3) is 0 Å². The first-order valence-corrected chi connectivity index (χ1v) is 12.4. The Kier molecular flexibility index (Phi) is 8.17. The van der Waals surface area contributed by atoms with Crippen molar-refractivity contribution in [3.63, 3.8) is 0 Å². The number of sulfonamides is 1. The van der Waals surface area contributed by atoms with Gasteiger partial charge in [-0.3, -0.25) is 14.5 Å². The van der Waals surface area contributed by atoms with Gasteiger partial charge in [0.25, 0.3) is 5.91 Å². The van der Waals surface area contributed by atoms with Gasteiger partial charge in [-0.25, -0.2) is 12.8 Å². The van der Waals surface area contributed by atoms with Gasteiger partial charge in [0.05, 0.1) is 11.4 Å². The molecule has 1 aliphatic heterocycles. The van der Waals surface area contributed by atoms with Crippen LogP contribution >= 0.6 is 0 Å². The smallest absolute Gasteiger partial charge is 0.253 e. The quantitative estimate of drug-likeness (QED) is 0.631. The summed E-state index contributed by atoms with van der Waals surface area (Å²) >= 11 is 0. The molecule has 0 radical (unpaired) electrons. The number of hydrogen-bond acceptors (Lipinski definition) is 5. The van der Waals surface area contributed by atoms with Crippen LogP contribution < -0.4 is 5.32 Å². The molecule has 2 aromatic carbocycles. The highest BCUT2D eigenvalue weighted by Crippen LogP contribution is 2.19. The number of hydrogen-bond donors (Lipinski definition) is 1. The lowest BCUT2D eigenvalue weighted by atomic mass is 10.2. The number of halogens is 1. The molecule has 0 aromatic heterocycles. The van der Waals surface area contributed by atoms with Crippen LogP contribution in [-0.4, -0.2) is 80.2 Å². The first-order chi connectivity index (χ1) is 15.7. The predicted octanol–water partition coefficient (Wildman–Crippen LogP) is 2.25. The van der Waals surface area contributed by atoms with Gasteiger partial charge in [0.2, 0.25) is 15.9 Å².